The molecule has 2 heterocycles. The van der Waals surface area contributed by atoms with E-state index >= 15 is 0 Å². The molecular weight excluding hydrogens is 252 g/mol. The first-order valence-electron chi connectivity index (χ1n) is 7.43. The highest BCUT2D eigenvalue weighted by molar-refractivity contribution is 5.93. The molecule has 0 aliphatic carbocycles. The molecule has 0 spiro atoms. The molecule has 1 aromatic carbocycles. The van der Waals surface area contributed by atoms with Gasteiger partial charge in [0.2, 0.25) is 5.91 Å². The Hall–Kier alpha value is -1.39. The Morgan fingerprint density at radius 2 is 1.95 bits per heavy atom. The second-order valence-electron chi connectivity index (χ2n) is 6.05. The maximum atomic E-state index is 12.2. The van der Waals surface area contributed by atoms with Crippen LogP contribution in [0.4, 0.5) is 5.69 Å². The van der Waals surface area contributed by atoms with Crippen LogP contribution < -0.4 is 5.32 Å². The summed E-state index contributed by atoms with van der Waals surface area (Å²) in [6, 6.07) is 8.59. The fourth-order valence-corrected chi connectivity index (χ4v) is 3.57. The number of hydrogen-bond donors (Lipinski definition) is 2. The molecule has 2 atom stereocenters. The summed E-state index contributed by atoms with van der Waals surface area (Å²) in [5, 5.41) is 12.8. The van der Waals surface area contributed by atoms with Gasteiger partial charge in [-0.15, -0.1) is 0 Å². The summed E-state index contributed by atoms with van der Waals surface area (Å²) in [5.74, 6) is 0.0487. The minimum absolute atomic E-state index is 0.0487. The summed E-state index contributed by atoms with van der Waals surface area (Å²) in [6.07, 6.45) is 3.67. The van der Waals surface area contributed by atoms with Crippen molar-refractivity contribution >= 4 is 11.6 Å². The Balaban J connectivity index is 1.61. The maximum Gasteiger partial charge on any atom is 0.238 e. The summed E-state index contributed by atoms with van der Waals surface area (Å²) in [7, 11) is 0. The average molecular weight is 274 g/mol. The van der Waals surface area contributed by atoms with Crippen molar-refractivity contribution < 1.29 is 9.90 Å². The van der Waals surface area contributed by atoms with E-state index in [2.05, 4.69) is 10.2 Å². The minimum atomic E-state index is -0.178. The molecule has 2 aliphatic heterocycles. The number of rotatable bonds is 3. The number of nitrogens with zero attached hydrogens (tertiary/aromatic N) is 1. The van der Waals surface area contributed by atoms with Gasteiger partial charge in [0, 0.05) is 17.8 Å². The first-order valence-corrected chi connectivity index (χ1v) is 7.43. The Labute approximate surface area is 119 Å². The third-order valence-electron chi connectivity index (χ3n) is 4.60. The number of anilines is 1. The van der Waals surface area contributed by atoms with Crippen LogP contribution in [0.3, 0.4) is 0 Å². The second kappa shape index (κ2) is 5.54. The van der Waals surface area contributed by atoms with Crippen LogP contribution in [-0.2, 0) is 4.79 Å². The zero-order valence-electron chi connectivity index (χ0n) is 11.9. The Kier molecular flexibility index (Phi) is 3.76. The SMILES string of the molecule is Cc1ccccc1NC(=O)CN1C2CCC1CC(O)C2. The molecule has 0 saturated carbocycles. The quantitative estimate of drug-likeness (QED) is 0.885. The highest BCUT2D eigenvalue weighted by atomic mass is 16.3. The fraction of sp³-hybridized carbons (Fsp3) is 0.562. The molecule has 1 amide bonds. The van der Waals surface area contributed by atoms with E-state index in [0.29, 0.717) is 18.6 Å². The minimum Gasteiger partial charge on any atom is -0.393 e. The predicted molar refractivity (Wildman–Crippen MR) is 78.6 cm³/mol. The van der Waals surface area contributed by atoms with Crippen LogP contribution in [0.15, 0.2) is 24.3 Å². The zero-order chi connectivity index (χ0) is 14.1. The number of benzene rings is 1. The smallest absolute Gasteiger partial charge is 0.238 e. The molecular formula is C16H22N2O2. The van der Waals surface area contributed by atoms with Gasteiger partial charge >= 0.3 is 0 Å². The summed E-state index contributed by atoms with van der Waals surface area (Å²) in [6.45, 7) is 2.44. The van der Waals surface area contributed by atoms with Crippen LogP contribution in [0, 0.1) is 6.92 Å². The van der Waals surface area contributed by atoms with Crippen molar-refractivity contribution in [3.8, 4) is 0 Å². The van der Waals surface area contributed by atoms with Gasteiger partial charge in [0.25, 0.3) is 0 Å². The summed E-state index contributed by atoms with van der Waals surface area (Å²) >= 11 is 0. The molecule has 2 saturated heterocycles. The number of carbonyl (C=O) groups is 1. The molecule has 4 heteroatoms. The first kappa shape index (κ1) is 13.6. The number of fused-ring (bicyclic) bond motifs is 2. The summed E-state index contributed by atoms with van der Waals surface area (Å²) < 4.78 is 0. The number of nitrogens with one attached hydrogen (secondary N) is 1. The number of aryl methyl sites for hydroxylation is 1. The van der Waals surface area contributed by atoms with Crippen molar-refractivity contribution in [2.24, 2.45) is 0 Å². The monoisotopic (exact) mass is 274 g/mol. The Morgan fingerprint density at radius 1 is 1.30 bits per heavy atom. The van der Waals surface area contributed by atoms with E-state index in [4.69, 9.17) is 0 Å². The summed E-state index contributed by atoms with van der Waals surface area (Å²) in [4.78, 5) is 14.5. The van der Waals surface area contributed by atoms with Crippen LogP contribution >= 0.6 is 0 Å². The van der Waals surface area contributed by atoms with Crippen LogP contribution in [-0.4, -0.2) is 40.6 Å². The van der Waals surface area contributed by atoms with Crippen molar-refractivity contribution in [2.45, 2.75) is 50.8 Å². The fourth-order valence-electron chi connectivity index (χ4n) is 3.57. The van der Waals surface area contributed by atoms with Gasteiger partial charge in [-0.25, -0.2) is 0 Å². The molecule has 2 aliphatic rings. The molecule has 108 valence electrons. The van der Waals surface area contributed by atoms with E-state index in [0.717, 1.165) is 36.9 Å². The number of aliphatic hydroxyl groups is 1. The molecule has 2 fully saturated rings. The number of carbonyl (C=O) groups excluding carboxylic acids is 1. The van der Waals surface area contributed by atoms with E-state index in [-0.39, 0.29) is 12.0 Å². The van der Waals surface area contributed by atoms with Crippen molar-refractivity contribution in [1.82, 2.24) is 4.90 Å². The molecule has 0 radical (unpaired) electrons. The lowest BCUT2D eigenvalue weighted by molar-refractivity contribution is -0.119. The highest BCUT2D eigenvalue weighted by Gasteiger charge is 2.40. The first-order chi connectivity index (χ1) is 9.63. The van der Waals surface area contributed by atoms with Crippen LogP contribution in [0.5, 0.6) is 0 Å². The van der Waals surface area contributed by atoms with Crippen molar-refractivity contribution in [3.05, 3.63) is 29.8 Å². The lowest BCUT2D eigenvalue weighted by atomic mass is 10.00. The second-order valence-corrected chi connectivity index (χ2v) is 6.05. The Morgan fingerprint density at radius 3 is 2.60 bits per heavy atom. The van der Waals surface area contributed by atoms with Crippen molar-refractivity contribution in [2.75, 3.05) is 11.9 Å². The number of piperidine rings is 1. The largest absolute Gasteiger partial charge is 0.393 e. The van der Waals surface area contributed by atoms with E-state index in [1.807, 2.05) is 31.2 Å². The van der Waals surface area contributed by atoms with E-state index < -0.39 is 0 Å². The van der Waals surface area contributed by atoms with Gasteiger partial charge in [-0.1, -0.05) is 18.2 Å². The van der Waals surface area contributed by atoms with Crippen LogP contribution in [0.25, 0.3) is 0 Å². The molecule has 20 heavy (non-hydrogen) atoms. The lowest BCUT2D eigenvalue weighted by Gasteiger charge is -2.36. The number of amides is 1. The number of hydrogen-bond acceptors (Lipinski definition) is 3. The predicted octanol–water partition coefficient (Wildman–Crippen LogP) is 1.92. The molecule has 2 unspecified atom stereocenters. The van der Waals surface area contributed by atoms with E-state index in [1.165, 1.54) is 0 Å². The van der Waals surface area contributed by atoms with E-state index in [9.17, 15) is 9.90 Å². The third kappa shape index (κ3) is 2.72. The number of para-hydroxylation sites is 1. The molecule has 4 nitrogen and oxygen atoms in total. The van der Waals surface area contributed by atoms with Gasteiger partial charge in [0.05, 0.1) is 12.6 Å². The summed E-state index contributed by atoms with van der Waals surface area (Å²) in [5.41, 5.74) is 1.97. The van der Waals surface area contributed by atoms with Gasteiger partial charge in [-0.2, -0.15) is 0 Å². The van der Waals surface area contributed by atoms with E-state index in [1.54, 1.807) is 0 Å². The molecule has 0 aromatic heterocycles. The standard InChI is InChI=1S/C16H22N2O2/c1-11-4-2-3-5-15(11)17-16(20)10-18-12-6-7-13(18)9-14(19)8-12/h2-5,12-14,19H,6-10H2,1H3,(H,17,20). The Bertz CT molecular complexity index is 489. The van der Waals surface area contributed by atoms with Crippen LogP contribution in [0.1, 0.15) is 31.2 Å². The lowest BCUT2D eigenvalue weighted by Crippen LogP contribution is -2.47. The van der Waals surface area contributed by atoms with Crippen molar-refractivity contribution in [1.29, 1.82) is 0 Å². The number of aliphatic hydroxyl groups excluding tert-OH is 1. The molecule has 3 rings (SSSR count). The van der Waals surface area contributed by atoms with Gasteiger partial charge < -0.3 is 10.4 Å². The van der Waals surface area contributed by atoms with Gasteiger partial charge in [0.1, 0.15) is 0 Å². The normalized spacial score (nSPS) is 29.4. The third-order valence-corrected chi connectivity index (χ3v) is 4.60. The molecule has 2 N–H and O–H groups in total. The zero-order valence-corrected chi connectivity index (χ0v) is 11.9. The molecule has 1 aromatic rings. The van der Waals surface area contributed by atoms with Gasteiger partial charge in [0.15, 0.2) is 0 Å². The topological polar surface area (TPSA) is 52.6 Å². The molecule has 2 bridgehead atoms. The van der Waals surface area contributed by atoms with Gasteiger partial charge in [-0.3, -0.25) is 9.69 Å². The van der Waals surface area contributed by atoms with Crippen molar-refractivity contribution in [3.63, 3.8) is 0 Å². The highest BCUT2D eigenvalue weighted by Crippen LogP contribution is 2.35. The van der Waals surface area contributed by atoms with Gasteiger partial charge in [-0.05, 0) is 44.2 Å². The average Bonchev–Trinajstić information content (AvgIpc) is 2.65. The maximum absolute atomic E-state index is 12.2. The van der Waals surface area contributed by atoms with Crippen LogP contribution in [0.2, 0.25) is 0 Å².